The molecule has 7 nitrogen and oxygen atoms in total. The molecule has 1 fully saturated rings. The summed E-state index contributed by atoms with van der Waals surface area (Å²) in [5.41, 5.74) is 0.650. The number of benzene rings is 1. The predicted molar refractivity (Wildman–Crippen MR) is 105 cm³/mol. The summed E-state index contributed by atoms with van der Waals surface area (Å²) in [5, 5.41) is 2.76. The van der Waals surface area contributed by atoms with Gasteiger partial charge in [-0.2, -0.15) is 0 Å². The summed E-state index contributed by atoms with van der Waals surface area (Å²) in [4.78, 5) is 33.3. The Kier molecular flexibility index (Phi) is 4.53. The molecule has 0 unspecified atom stereocenters. The number of ether oxygens (including phenoxy) is 1. The summed E-state index contributed by atoms with van der Waals surface area (Å²) in [5.74, 6) is -1.95. The van der Waals surface area contributed by atoms with Crippen LogP contribution in [0.3, 0.4) is 0 Å². The van der Waals surface area contributed by atoms with E-state index in [0.29, 0.717) is 36.9 Å². The summed E-state index contributed by atoms with van der Waals surface area (Å²) >= 11 is 0. The normalized spacial score (nSPS) is 22.3. The van der Waals surface area contributed by atoms with Gasteiger partial charge in [0.15, 0.2) is 11.4 Å². The number of anilines is 1. The minimum atomic E-state index is -0.756. The summed E-state index contributed by atoms with van der Waals surface area (Å²) < 4.78 is 34.0. The lowest BCUT2D eigenvalue weighted by molar-refractivity contribution is -0.123. The van der Waals surface area contributed by atoms with Crippen LogP contribution in [0.1, 0.15) is 41.7 Å². The van der Waals surface area contributed by atoms with Crippen molar-refractivity contribution >= 4 is 17.7 Å². The molecular formula is C22H18F2N4O3. The van der Waals surface area contributed by atoms with Crippen molar-refractivity contribution in [2.75, 3.05) is 5.32 Å². The van der Waals surface area contributed by atoms with E-state index in [1.54, 1.807) is 18.3 Å². The van der Waals surface area contributed by atoms with Crippen LogP contribution < -0.4 is 5.32 Å². The second-order valence-corrected chi connectivity index (χ2v) is 7.84. The fourth-order valence-corrected chi connectivity index (χ4v) is 4.34. The topological polar surface area (TPSA) is 86.1 Å². The highest BCUT2D eigenvalue weighted by Crippen LogP contribution is 2.47. The molecule has 158 valence electrons. The van der Waals surface area contributed by atoms with E-state index in [1.807, 2.05) is 0 Å². The number of rotatable bonds is 3. The Morgan fingerprint density at radius 1 is 1.16 bits per heavy atom. The number of carbonyl (C=O) groups is 2. The predicted octanol–water partition coefficient (Wildman–Crippen LogP) is 3.74. The number of nitrogens with one attached hydrogen (secondary N) is 1. The molecule has 1 saturated carbocycles. The molecule has 0 atom stereocenters. The molecule has 1 N–H and O–H groups in total. The second kappa shape index (κ2) is 7.26. The van der Waals surface area contributed by atoms with Crippen molar-refractivity contribution in [2.45, 2.75) is 31.3 Å². The number of carbonyl (C=O) groups excluding carboxylic acids is 2. The van der Waals surface area contributed by atoms with Crippen LogP contribution in [0, 0.1) is 17.6 Å². The van der Waals surface area contributed by atoms with E-state index in [0.717, 1.165) is 6.07 Å². The average Bonchev–Trinajstić information content (AvgIpc) is 3.31. The van der Waals surface area contributed by atoms with Crippen LogP contribution in [0.15, 0.2) is 49.1 Å². The molecule has 1 amide bonds. The van der Waals surface area contributed by atoms with Crippen LogP contribution in [0.4, 0.5) is 14.6 Å². The Balaban J connectivity index is 1.25. The highest BCUT2D eigenvalue weighted by molar-refractivity contribution is 5.94. The number of pyridine rings is 1. The first-order valence-electron chi connectivity index (χ1n) is 9.94. The summed E-state index contributed by atoms with van der Waals surface area (Å²) in [7, 11) is 0. The Labute approximate surface area is 176 Å². The van der Waals surface area contributed by atoms with Crippen molar-refractivity contribution < 1.29 is 23.1 Å². The van der Waals surface area contributed by atoms with Crippen LogP contribution in [0.5, 0.6) is 0 Å². The molecule has 9 heteroatoms. The highest BCUT2D eigenvalue weighted by Gasteiger charge is 2.49. The number of hydrogen-bond acceptors (Lipinski definition) is 5. The SMILES string of the molecule is O=C1O[C@]2(CC[C@@H](C(=O)Nc3cn(-c4cc(F)cc(F)c4)cn3)CC2)c2ncccc21. The lowest BCUT2D eigenvalue weighted by Gasteiger charge is -2.35. The quantitative estimate of drug-likeness (QED) is 0.648. The number of amides is 1. The molecule has 31 heavy (non-hydrogen) atoms. The Morgan fingerprint density at radius 2 is 1.90 bits per heavy atom. The molecule has 1 aromatic carbocycles. The van der Waals surface area contributed by atoms with E-state index in [2.05, 4.69) is 15.3 Å². The number of hydrogen-bond donors (Lipinski definition) is 1. The van der Waals surface area contributed by atoms with E-state index in [4.69, 9.17) is 4.74 Å². The van der Waals surface area contributed by atoms with Crippen LogP contribution in [0.2, 0.25) is 0 Å². The van der Waals surface area contributed by atoms with Gasteiger partial charge >= 0.3 is 5.97 Å². The largest absolute Gasteiger partial charge is 0.449 e. The van der Waals surface area contributed by atoms with Crippen LogP contribution >= 0.6 is 0 Å². The molecule has 1 aliphatic carbocycles. The fourth-order valence-electron chi connectivity index (χ4n) is 4.34. The molecule has 2 aliphatic rings. The molecule has 0 saturated heterocycles. The zero-order valence-electron chi connectivity index (χ0n) is 16.3. The summed E-state index contributed by atoms with van der Waals surface area (Å²) in [6, 6.07) is 6.54. The van der Waals surface area contributed by atoms with Crippen molar-refractivity contribution in [3.05, 3.63) is 71.9 Å². The first kappa shape index (κ1) is 19.3. The van der Waals surface area contributed by atoms with E-state index in [1.165, 1.54) is 29.2 Å². The molecule has 1 spiro atoms. The first-order valence-corrected chi connectivity index (χ1v) is 9.94. The number of halogens is 2. The average molecular weight is 424 g/mol. The van der Waals surface area contributed by atoms with Gasteiger partial charge in [0, 0.05) is 18.2 Å². The van der Waals surface area contributed by atoms with E-state index >= 15 is 0 Å². The summed E-state index contributed by atoms with van der Waals surface area (Å²) in [6.07, 6.45) is 6.60. The first-order chi connectivity index (χ1) is 14.9. The molecule has 0 bridgehead atoms. The van der Waals surface area contributed by atoms with Crippen LogP contribution in [-0.2, 0) is 15.1 Å². The van der Waals surface area contributed by atoms with Gasteiger partial charge in [0.2, 0.25) is 5.91 Å². The molecule has 3 aromatic rings. The zero-order valence-corrected chi connectivity index (χ0v) is 16.3. The smallest absolute Gasteiger partial charge is 0.341 e. The Hall–Kier alpha value is -3.62. The van der Waals surface area contributed by atoms with Gasteiger partial charge in [0.05, 0.1) is 23.1 Å². The van der Waals surface area contributed by atoms with Gasteiger partial charge in [-0.1, -0.05) is 0 Å². The third-order valence-electron chi connectivity index (χ3n) is 5.89. The van der Waals surface area contributed by atoms with Crippen molar-refractivity contribution in [3.63, 3.8) is 0 Å². The maximum absolute atomic E-state index is 13.4. The van der Waals surface area contributed by atoms with Gasteiger partial charge in [-0.15, -0.1) is 0 Å². The van der Waals surface area contributed by atoms with Crippen molar-refractivity contribution in [2.24, 2.45) is 5.92 Å². The molecule has 1 aliphatic heterocycles. The number of nitrogens with zero attached hydrogens (tertiary/aromatic N) is 3. The zero-order chi connectivity index (χ0) is 21.6. The molecule has 2 aromatic heterocycles. The van der Waals surface area contributed by atoms with Crippen molar-refractivity contribution in [3.8, 4) is 5.69 Å². The number of aromatic nitrogens is 3. The molecule has 3 heterocycles. The van der Waals surface area contributed by atoms with E-state index in [9.17, 15) is 18.4 Å². The summed E-state index contributed by atoms with van der Waals surface area (Å²) in [6.45, 7) is 0. The highest BCUT2D eigenvalue weighted by atomic mass is 19.1. The van der Waals surface area contributed by atoms with Crippen molar-refractivity contribution in [1.29, 1.82) is 0 Å². The van der Waals surface area contributed by atoms with Gasteiger partial charge in [-0.25, -0.2) is 18.6 Å². The minimum absolute atomic E-state index is 0.198. The van der Waals surface area contributed by atoms with Crippen LogP contribution in [-0.4, -0.2) is 26.4 Å². The Bertz CT molecular complexity index is 1160. The lowest BCUT2D eigenvalue weighted by atomic mass is 9.76. The van der Waals surface area contributed by atoms with Gasteiger partial charge < -0.3 is 14.6 Å². The number of esters is 1. The third-order valence-corrected chi connectivity index (χ3v) is 5.89. The third kappa shape index (κ3) is 3.45. The van der Waals surface area contributed by atoms with Crippen molar-refractivity contribution in [1.82, 2.24) is 14.5 Å². The van der Waals surface area contributed by atoms with Gasteiger partial charge in [0.1, 0.15) is 18.0 Å². The monoisotopic (exact) mass is 424 g/mol. The molecule has 5 rings (SSSR count). The Morgan fingerprint density at radius 3 is 2.65 bits per heavy atom. The minimum Gasteiger partial charge on any atom is -0.449 e. The maximum atomic E-state index is 13.4. The van der Waals surface area contributed by atoms with Gasteiger partial charge in [-0.3, -0.25) is 9.78 Å². The number of imidazole rings is 1. The maximum Gasteiger partial charge on any atom is 0.341 e. The van der Waals surface area contributed by atoms with Gasteiger partial charge in [-0.05, 0) is 49.9 Å². The van der Waals surface area contributed by atoms with E-state index < -0.39 is 17.2 Å². The number of fused-ring (bicyclic) bond motifs is 2. The van der Waals surface area contributed by atoms with Crippen LogP contribution in [0.25, 0.3) is 5.69 Å². The molecular weight excluding hydrogens is 406 g/mol. The van der Waals surface area contributed by atoms with E-state index in [-0.39, 0.29) is 29.3 Å². The fraction of sp³-hybridized carbons (Fsp3) is 0.273. The van der Waals surface area contributed by atoms with Gasteiger partial charge in [0.25, 0.3) is 0 Å². The second-order valence-electron chi connectivity index (χ2n) is 7.84. The lowest BCUT2D eigenvalue weighted by Crippen LogP contribution is -2.36. The standard InChI is InChI=1S/C22H18F2N4O3/c23-14-8-15(24)10-16(9-14)28-11-18(26-12-28)27-20(29)13-3-5-22(6-4-13)19-17(21(30)31-22)2-1-7-25-19/h1-2,7-13H,3-6H2,(H,27,29)/t13-,22+. The molecule has 0 radical (unpaired) electrons.